The predicted molar refractivity (Wildman–Crippen MR) is 121 cm³/mol. The molecule has 31 heavy (non-hydrogen) atoms. The van der Waals surface area contributed by atoms with E-state index in [4.69, 9.17) is 23.9 Å². The van der Waals surface area contributed by atoms with E-state index < -0.39 is 0 Å². The number of aromatic nitrogens is 2. The summed E-state index contributed by atoms with van der Waals surface area (Å²) < 4.78 is 21.9. The number of aromatic amines is 1. The van der Waals surface area contributed by atoms with Crippen molar-refractivity contribution < 1.29 is 18.9 Å². The molecular formula is C25H24N2O4. The lowest BCUT2D eigenvalue weighted by Gasteiger charge is -2.10. The Kier molecular flexibility index (Phi) is 5.80. The van der Waals surface area contributed by atoms with Crippen LogP contribution in [0.15, 0.2) is 66.7 Å². The summed E-state index contributed by atoms with van der Waals surface area (Å²) in [7, 11) is 6.55. The molecule has 1 N–H and O–H groups in total. The molecule has 0 amide bonds. The third-order valence-electron chi connectivity index (χ3n) is 5.06. The van der Waals surface area contributed by atoms with Gasteiger partial charge >= 0.3 is 0 Å². The highest BCUT2D eigenvalue weighted by Gasteiger charge is 2.20. The zero-order chi connectivity index (χ0) is 21.8. The van der Waals surface area contributed by atoms with E-state index in [1.165, 1.54) is 0 Å². The van der Waals surface area contributed by atoms with Crippen LogP contribution >= 0.6 is 0 Å². The van der Waals surface area contributed by atoms with E-state index in [1.807, 2.05) is 66.7 Å². The topological polar surface area (TPSA) is 65.6 Å². The summed E-state index contributed by atoms with van der Waals surface area (Å²) in [6, 6.07) is 21.4. The number of nitrogens with one attached hydrogen (secondary N) is 1. The Morgan fingerprint density at radius 3 is 1.97 bits per heavy atom. The molecule has 0 atom stereocenters. The molecule has 0 aliphatic heterocycles. The maximum absolute atomic E-state index is 5.63. The van der Waals surface area contributed by atoms with Crippen molar-refractivity contribution in [2.24, 2.45) is 0 Å². The van der Waals surface area contributed by atoms with Crippen molar-refractivity contribution in [1.29, 1.82) is 0 Å². The molecular weight excluding hydrogens is 392 g/mol. The van der Waals surface area contributed by atoms with Crippen LogP contribution in [0, 0.1) is 0 Å². The van der Waals surface area contributed by atoms with Crippen molar-refractivity contribution in [3.8, 4) is 56.9 Å². The van der Waals surface area contributed by atoms with Crippen LogP contribution in [0.3, 0.4) is 0 Å². The summed E-state index contributed by atoms with van der Waals surface area (Å²) in [6.07, 6.45) is 0. The van der Waals surface area contributed by atoms with Crippen molar-refractivity contribution in [3.05, 3.63) is 66.7 Å². The van der Waals surface area contributed by atoms with Gasteiger partial charge in [0.2, 0.25) is 0 Å². The average Bonchev–Trinajstić information content (AvgIpc) is 3.29. The number of benzene rings is 3. The fourth-order valence-corrected chi connectivity index (χ4v) is 3.54. The lowest BCUT2D eigenvalue weighted by Crippen LogP contribution is -1.94. The van der Waals surface area contributed by atoms with E-state index >= 15 is 0 Å². The second-order valence-electron chi connectivity index (χ2n) is 6.81. The number of nitrogens with zero attached hydrogens (tertiary/aromatic N) is 1. The van der Waals surface area contributed by atoms with Crippen molar-refractivity contribution in [1.82, 2.24) is 9.97 Å². The van der Waals surface area contributed by atoms with E-state index in [1.54, 1.807) is 28.4 Å². The maximum atomic E-state index is 5.63. The molecule has 158 valence electrons. The van der Waals surface area contributed by atoms with Gasteiger partial charge < -0.3 is 23.9 Å². The van der Waals surface area contributed by atoms with Crippen LogP contribution in [0.25, 0.3) is 33.9 Å². The Hall–Kier alpha value is -3.93. The molecule has 0 aliphatic carbocycles. The summed E-state index contributed by atoms with van der Waals surface area (Å²) in [6.45, 7) is 0. The minimum atomic E-state index is 0.619. The molecule has 3 aromatic carbocycles. The van der Waals surface area contributed by atoms with E-state index in [2.05, 4.69) is 4.98 Å². The zero-order valence-electron chi connectivity index (χ0n) is 17.9. The Labute approximate surface area is 181 Å². The Morgan fingerprint density at radius 1 is 0.677 bits per heavy atom. The minimum Gasteiger partial charge on any atom is -0.497 e. The summed E-state index contributed by atoms with van der Waals surface area (Å²) in [5.74, 6) is 3.46. The van der Waals surface area contributed by atoms with Gasteiger partial charge in [0.25, 0.3) is 0 Å². The van der Waals surface area contributed by atoms with Crippen LogP contribution in [0.5, 0.6) is 23.0 Å². The molecule has 0 saturated carbocycles. The Balaban J connectivity index is 1.95. The standard InChI is InChI=1S/C25H24N2O4/c1-28-18-10-5-8-16(14-18)22-23(17-9-6-11-19(15-17)29-2)27-25(26-22)20-12-7-13-21(30-3)24(20)31-4/h5-15H,1-4H3,(H,26,27). The third-order valence-corrected chi connectivity index (χ3v) is 5.06. The lowest BCUT2D eigenvalue weighted by atomic mass is 10.0. The van der Waals surface area contributed by atoms with Crippen molar-refractivity contribution in [3.63, 3.8) is 0 Å². The third kappa shape index (κ3) is 3.92. The first-order chi connectivity index (χ1) is 15.2. The fourth-order valence-electron chi connectivity index (χ4n) is 3.54. The highest BCUT2D eigenvalue weighted by Crippen LogP contribution is 2.40. The largest absolute Gasteiger partial charge is 0.497 e. The van der Waals surface area contributed by atoms with Gasteiger partial charge in [-0.2, -0.15) is 0 Å². The van der Waals surface area contributed by atoms with Crippen LogP contribution < -0.4 is 18.9 Å². The molecule has 0 spiro atoms. The molecule has 0 fully saturated rings. The van der Waals surface area contributed by atoms with Crippen LogP contribution in [-0.4, -0.2) is 38.4 Å². The minimum absolute atomic E-state index is 0.619. The Bertz CT molecular complexity index is 1130. The van der Waals surface area contributed by atoms with Gasteiger partial charge in [0.1, 0.15) is 17.3 Å². The predicted octanol–water partition coefficient (Wildman–Crippen LogP) is 5.45. The SMILES string of the molecule is COc1cccc(-c2nc(-c3cccc(OC)c3OC)[nH]c2-c2cccc(OC)c2)c1. The first-order valence-corrected chi connectivity index (χ1v) is 9.78. The summed E-state index contributed by atoms with van der Waals surface area (Å²) in [4.78, 5) is 8.44. The van der Waals surface area contributed by atoms with Gasteiger partial charge in [-0.25, -0.2) is 4.98 Å². The quantitative estimate of drug-likeness (QED) is 0.434. The van der Waals surface area contributed by atoms with Crippen LogP contribution in [0.4, 0.5) is 0 Å². The molecule has 4 rings (SSSR count). The van der Waals surface area contributed by atoms with Gasteiger partial charge in [0, 0.05) is 11.1 Å². The molecule has 0 unspecified atom stereocenters. The number of hydrogen-bond donors (Lipinski definition) is 1. The highest BCUT2D eigenvalue weighted by atomic mass is 16.5. The molecule has 0 radical (unpaired) electrons. The van der Waals surface area contributed by atoms with Crippen LogP contribution in [0.1, 0.15) is 0 Å². The van der Waals surface area contributed by atoms with Crippen molar-refractivity contribution in [2.45, 2.75) is 0 Å². The maximum Gasteiger partial charge on any atom is 0.171 e. The highest BCUT2D eigenvalue weighted by molar-refractivity contribution is 5.83. The van der Waals surface area contributed by atoms with Crippen molar-refractivity contribution >= 4 is 0 Å². The zero-order valence-corrected chi connectivity index (χ0v) is 17.9. The van der Waals surface area contributed by atoms with E-state index in [0.717, 1.165) is 39.6 Å². The van der Waals surface area contributed by atoms with E-state index in [9.17, 15) is 0 Å². The van der Waals surface area contributed by atoms with Gasteiger partial charge in [-0.05, 0) is 36.4 Å². The number of para-hydroxylation sites is 1. The molecule has 6 nitrogen and oxygen atoms in total. The number of rotatable bonds is 7. The first kappa shape index (κ1) is 20.3. The average molecular weight is 416 g/mol. The van der Waals surface area contributed by atoms with Crippen LogP contribution in [0.2, 0.25) is 0 Å². The van der Waals surface area contributed by atoms with Gasteiger partial charge in [-0.3, -0.25) is 0 Å². The summed E-state index contributed by atoms with van der Waals surface area (Å²) in [5, 5.41) is 0. The van der Waals surface area contributed by atoms with E-state index in [0.29, 0.717) is 17.3 Å². The van der Waals surface area contributed by atoms with Crippen molar-refractivity contribution in [2.75, 3.05) is 28.4 Å². The molecule has 6 heteroatoms. The molecule has 0 saturated heterocycles. The second kappa shape index (κ2) is 8.83. The van der Waals surface area contributed by atoms with Gasteiger partial charge in [-0.15, -0.1) is 0 Å². The molecule has 1 heterocycles. The lowest BCUT2D eigenvalue weighted by molar-refractivity contribution is 0.356. The number of ether oxygens (including phenoxy) is 4. The molecule has 1 aromatic heterocycles. The number of H-pyrrole nitrogens is 1. The first-order valence-electron chi connectivity index (χ1n) is 9.78. The second-order valence-corrected chi connectivity index (χ2v) is 6.81. The summed E-state index contributed by atoms with van der Waals surface area (Å²) in [5.41, 5.74) is 4.36. The van der Waals surface area contributed by atoms with E-state index in [-0.39, 0.29) is 0 Å². The number of methoxy groups -OCH3 is 4. The van der Waals surface area contributed by atoms with Crippen LogP contribution in [-0.2, 0) is 0 Å². The van der Waals surface area contributed by atoms with Gasteiger partial charge in [0.15, 0.2) is 11.5 Å². The van der Waals surface area contributed by atoms with Gasteiger partial charge in [0.05, 0.1) is 45.4 Å². The number of imidazole rings is 1. The Morgan fingerprint density at radius 2 is 1.32 bits per heavy atom. The fraction of sp³-hybridized carbons (Fsp3) is 0.160. The monoisotopic (exact) mass is 416 g/mol. The molecule has 0 bridgehead atoms. The smallest absolute Gasteiger partial charge is 0.171 e. The molecule has 0 aliphatic rings. The summed E-state index contributed by atoms with van der Waals surface area (Å²) >= 11 is 0. The number of hydrogen-bond acceptors (Lipinski definition) is 5. The van der Waals surface area contributed by atoms with Gasteiger partial charge in [-0.1, -0.05) is 30.3 Å². The normalized spacial score (nSPS) is 10.6. The molecule has 4 aromatic rings.